The highest BCUT2D eigenvalue weighted by Gasteiger charge is 2.34. The average Bonchev–Trinajstić information content (AvgIpc) is 2.65. The Kier molecular flexibility index (Phi) is 5.28. The number of ether oxygens (including phenoxy) is 1. The Labute approximate surface area is 128 Å². The van der Waals surface area contributed by atoms with Gasteiger partial charge in [-0.1, -0.05) is 19.1 Å². The maximum absolute atomic E-state index is 11.2. The van der Waals surface area contributed by atoms with Crippen molar-refractivity contribution in [2.24, 2.45) is 0 Å². The van der Waals surface area contributed by atoms with E-state index in [0.29, 0.717) is 0 Å². The quantitative estimate of drug-likeness (QED) is 0.923. The van der Waals surface area contributed by atoms with Crippen LogP contribution in [0.2, 0.25) is 0 Å². The topological polar surface area (TPSA) is 32.7 Å². The van der Waals surface area contributed by atoms with Gasteiger partial charge in [0.05, 0.1) is 12.7 Å². The van der Waals surface area contributed by atoms with Crippen LogP contribution in [0.5, 0.6) is 5.75 Å². The van der Waals surface area contributed by atoms with Crippen molar-refractivity contribution >= 4 is 0 Å². The lowest BCUT2D eigenvalue weighted by Crippen LogP contribution is -2.30. The van der Waals surface area contributed by atoms with E-state index < -0.39 is 5.60 Å². The highest BCUT2D eigenvalue weighted by atomic mass is 16.5. The first kappa shape index (κ1) is 16.3. The molecule has 1 saturated heterocycles. The summed E-state index contributed by atoms with van der Waals surface area (Å²) in [6.07, 6.45) is 3.80. The third-order valence-electron chi connectivity index (χ3n) is 4.83. The zero-order valence-electron chi connectivity index (χ0n) is 13.9. The van der Waals surface area contributed by atoms with E-state index >= 15 is 0 Å². The molecule has 1 aromatic carbocycles. The van der Waals surface area contributed by atoms with Crippen molar-refractivity contribution in [3.05, 3.63) is 28.8 Å². The molecule has 21 heavy (non-hydrogen) atoms. The largest absolute Gasteiger partial charge is 0.496 e. The van der Waals surface area contributed by atoms with Crippen molar-refractivity contribution in [3.8, 4) is 5.75 Å². The van der Waals surface area contributed by atoms with Gasteiger partial charge in [0.25, 0.3) is 0 Å². The number of nitrogens with zero attached hydrogens (tertiary/aromatic N) is 1. The highest BCUT2D eigenvalue weighted by molar-refractivity contribution is 5.48. The van der Waals surface area contributed by atoms with Gasteiger partial charge in [-0.2, -0.15) is 0 Å². The molecular weight excluding hydrogens is 262 g/mol. The lowest BCUT2D eigenvalue weighted by Gasteiger charge is -2.30. The second kappa shape index (κ2) is 6.80. The summed E-state index contributed by atoms with van der Waals surface area (Å²) in [5.74, 6) is 0.862. The smallest absolute Gasteiger partial charge is 0.128 e. The van der Waals surface area contributed by atoms with Crippen molar-refractivity contribution in [1.82, 2.24) is 4.90 Å². The number of aliphatic hydroxyl groups is 1. The normalized spacial score (nSPS) is 23.9. The zero-order chi connectivity index (χ0) is 15.5. The summed E-state index contributed by atoms with van der Waals surface area (Å²) in [6.45, 7) is 9.54. The third kappa shape index (κ3) is 3.41. The van der Waals surface area contributed by atoms with E-state index in [1.165, 1.54) is 12.0 Å². The van der Waals surface area contributed by atoms with Crippen LogP contribution in [-0.4, -0.2) is 36.8 Å². The van der Waals surface area contributed by atoms with Gasteiger partial charge in [0, 0.05) is 12.1 Å². The monoisotopic (exact) mass is 291 g/mol. The SMILES string of the molecule is CCCN1CCCC(O)(c2ccc(C)c(C)c2OC)CC1. The molecule has 0 aliphatic carbocycles. The third-order valence-corrected chi connectivity index (χ3v) is 4.83. The van der Waals surface area contributed by atoms with Crippen LogP contribution in [0.3, 0.4) is 0 Å². The van der Waals surface area contributed by atoms with E-state index in [1.54, 1.807) is 7.11 Å². The standard InChI is InChI=1S/C18H29NO2/c1-5-11-19-12-6-9-18(20,10-13-19)16-8-7-14(2)15(3)17(16)21-4/h7-8,20H,5-6,9-13H2,1-4H3. The minimum atomic E-state index is -0.758. The van der Waals surface area contributed by atoms with Crippen molar-refractivity contribution < 1.29 is 9.84 Å². The van der Waals surface area contributed by atoms with Crippen molar-refractivity contribution in [2.45, 2.75) is 52.1 Å². The van der Waals surface area contributed by atoms with Gasteiger partial charge in [-0.25, -0.2) is 0 Å². The molecule has 0 amide bonds. The molecule has 1 unspecified atom stereocenters. The van der Waals surface area contributed by atoms with Gasteiger partial charge in [0.1, 0.15) is 5.75 Å². The predicted octanol–water partition coefficient (Wildman–Crippen LogP) is 3.40. The van der Waals surface area contributed by atoms with E-state index in [4.69, 9.17) is 4.74 Å². The fraction of sp³-hybridized carbons (Fsp3) is 0.667. The minimum Gasteiger partial charge on any atom is -0.496 e. The van der Waals surface area contributed by atoms with Gasteiger partial charge in [-0.15, -0.1) is 0 Å². The number of likely N-dealkylation sites (tertiary alicyclic amines) is 1. The number of methoxy groups -OCH3 is 1. The lowest BCUT2D eigenvalue weighted by atomic mass is 9.84. The highest BCUT2D eigenvalue weighted by Crippen LogP contribution is 2.40. The van der Waals surface area contributed by atoms with Gasteiger partial charge in [0.15, 0.2) is 0 Å². The minimum absolute atomic E-state index is 0.758. The first-order chi connectivity index (χ1) is 10.0. The number of aryl methyl sites for hydroxylation is 1. The van der Waals surface area contributed by atoms with Crippen LogP contribution in [0.25, 0.3) is 0 Å². The number of benzene rings is 1. The Morgan fingerprint density at radius 2 is 2.00 bits per heavy atom. The van der Waals surface area contributed by atoms with Gasteiger partial charge < -0.3 is 14.7 Å². The molecule has 1 heterocycles. The number of hydrogen-bond acceptors (Lipinski definition) is 3. The van der Waals surface area contributed by atoms with Crippen LogP contribution in [-0.2, 0) is 5.60 Å². The molecule has 0 saturated carbocycles. The van der Waals surface area contributed by atoms with Crippen LogP contribution >= 0.6 is 0 Å². The molecular formula is C18H29NO2. The maximum Gasteiger partial charge on any atom is 0.128 e. The van der Waals surface area contributed by atoms with Crippen LogP contribution in [0, 0.1) is 13.8 Å². The molecule has 0 spiro atoms. The van der Waals surface area contributed by atoms with E-state index in [-0.39, 0.29) is 0 Å². The molecule has 118 valence electrons. The average molecular weight is 291 g/mol. The predicted molar refractivity (Wildman–Crippen MR) is 86.9 cm³/mol. The second-order valence-corrected chi connectivity index (χ2v) is 6.32. The summed E-state index contributed by atoms with van der Waals surface area (Å²) in [6, 6.07) is 4.15. The van der Waals surface area contributed by atoms with Gasteiger partial charge in [-0.05, 0) is 63.7 Å². The van der Waals surface area contributed by atoms with Crippen LogP contribution in [0.15, 0.2) is 12.1 Å². The summed E-state index contributed by atoms with van der Waals surface area (Å²) in [5.41, 5.74) is 2.55. The molecule has 1 aliphatic heterocycles. The van der Waals surface area contributed by atoms with Crippen LogP contribution < -0.4 is 4.74 Å². The Morgan fingerprint density at radius 3 is 2.67 bits per heavy atom. The van der Waals surface area contributed by atoms with Crippen molar-refractivity contribution in [2.75, 3.05) is 26.7 Å². The van der Waals surface area contributed by atoms with Gasteiger partial charge in [-0.3, -0.25) is 0 Å². The molecule has 3 nitrogen and oxygen atoms in total. The fourth-order valence-corrected chi connectivity index (χ4v) is 3.40. The van der Waals surface area contributed by atoms with Gasteiger partial charge in [0.2, 0.25) is 0 Å². The van der Waals surface area contributed by atoms with Crippen molar-refractivity contribution in [3.63, 3.8) is 0 Å². The van der Waals surface area contributed by atoms with E-state index in [2.05, 4.69) is 37.8 Å². The lowest BCUT2D eigenvalue weighted by molar-refractivity contribution is 0.0189. The molecule has 0 bridgehead atoms. The fourth-order valence-electron chi connectivity index (χ4n) is 3.40. The Hall–Kier alpha value is -1.06. The summed E-state index contributed by atoms with van der Waals surface area (Å²) < 4.78 is 5.62. The van der Waals surface area contributed by atoms with Crippen molar-refractivity contribution in [1.29, 1.82) is 0 Å². The van der Waals surface area contributed by atoms with Crippen LogP contribution in [0.1, 0.15) is 49.3 Å². The summed E-state index contributed by atoms with van der Waals surface area (Å²) >= 11 is 0. The molecule has 1 N–H and O–H groups in total. The number of hydrogen-bond donors (Lipinski definition) is 1. The Bertz CT molecular complexity index is 486. The van der Waals surface area contributed by atoms with Crippen LogP contribution in [0.4, 0.5) is 0 Å². The second-order valence-electron chi connectivity index (χ2n) is 6.32. The maximum atomic E-state index is 11.2. The molecule has 1 fully saturated rings. The Morgan fingerprint density at radius 1 is 1.24 bits per heavy atom. The van der Waals surface area contributed by atoms with E-state index in [1.807, 2.05) is 0 Å². The van der Waals surface area contributed by atoms with Gasteiger partial charge >= 0.3 is 0 Å². The molecule has 1 atom stereocenters. The summed E-state index contributed by atoms with van der Waals surface area (Å²) in [7, 11) is 1.70. The molecule has 2 rings (SSSR count). The Balaban J connectivity index is 2.30. The zero-order valence-corrected chi connectivity index (χ0v) is 13.9. The first-order valence-corrected chi connectivity index (χ1v) is 8.11. The molecule has 0 radical (unpaired) electrons. The molecule has 1 aliphatic rings. The van der Waals surface area contributed by atoms with E-state index in [0.717, 1.165) is 55.8 Å². The summed E-state index contributed by atoms with van der Waals surface area (Å²) in [4.78, 5) is 2.46. The summed E-state index contributed by atoms with van der Waals surface area (Å²) in [5, 5.41) is 11.2. The number of rotatable bonds is 4. The van der Waals surface area contributed by atoms with E-state index in [9.17, 15) is 5.11 Å². The molecule has 3 heteroatoms. The molecule has 1 aromatic rings. The first-order valence-electron chi connectivity index (χ1n) is 8.11. The molecule has 0 aromatic heterocycles.